The highest BCUT2D eigenvalue weighted by molar-refractivity contribution is 5.44. The zero-order valence-electron chi connectivity index (χ0n) is 8.22. The van der Waals surface area contributed by atoms with Crippen LogP contribution in [0.25, 0.3) is 0 Å². The molecule has 1 rings (SSSR count). The Labute approximate surface area is 92.7 Å². The summed E-state index contributed by atoms with van der Waals surface area (Å²) >= 11 is 0. The lowest BCUT2D eigenvalue weighted by Crippen LogP contribution is -2.16. The molecule has 92 valence electrons. The fourth-order valence-corrected chi connectivity index (χ4v) is 1.32. The van der Waals surface area contributed by atoms with E-state index in [1.54, 1.807) is 0 Å². The number of halogens is 5. The van der Waals surface area contributed by atoms with Gasteiger partial charge in [-0.3, -0.25) is 0 Å². The van der Waals surface area contributed by atoms with Gasteiger partial charge in [0.1, 0.15) is 5.82 Å². The van der Waals surface area contributed by atoms with Gasteiger partial charge in [-0.05, 0) is 11.6 Å². The number of aromatic nitrogens is 1. The molecule has 0 aliphatic rings. The Bertz CT molecular complexity index is 461. The van der Waals surface area contributed by atoms with E-state index in [4.69, 9.17) is 11.0 Å². The van der Waals surface area contributed by atoms with Gasteiger partial charge in [0, 0.05) is 0 Å². The Balaban J connectivity index is 3.53. The average Bonchev–Trinajstić information content (AvgIpc) is 2.15. The molecule has 0 saturated heterocycles. The van der Waals surface area contributed by atoms with E-state index in [-0.39, 0.29) is 0 Å². The van der Waals surface area contributed by atoms with Crippen LogP contribution in [0.1, 0.15) is 23.2 Å². The summed E-state index contributed by atoms with van der Waals surface area (Å²) in [6, 6.07) is 2.35. The SMILES string of the molecule is N#CCc1cc(N)nc(C(F)(F)F)c1C(F)F. The van der Waals surface area contributed by atoms with Gasteiger partial charge in [0.25, 0.3) is 6.43 Å². The van der Waals surface area contributed by atoms with E-state index in [1.165, 1.54) is 6.07 Å². The van der Waals surface area contributed by atoms with Gasteiger partial charge < -0.3 is 5.73 Å². The van der Waals surface area contributed by atoms with Crippen molar-refractivity contribution in [2.45, 2.75) is 19.0 Å². The predicted octanol–water partition coefficient (Wildman–Crippen LogP) is 2.69. The van der Waals surface area contributed by atoms with Crippen molar-refractivity contribution in [1.82, 2.24) is 4.98 Å². The molecule has 1 aromatic heterocycles. The predicted molar refractivity (Wildman–Crippen MR) is 47.9 cm³/mol. The molecular formula is C9H6F5N3. The van der Waals surface area contributed by atoms with E-state index < -0.39 is 41.7 Å². The van der Waals surface area contributed by atoms with Crippen molar-refractivity contribution in [2.75, 3.05) is 5.73 Å². The lowest BCUT2D eigenvalue weighted by Gasteiger charge is -2.15. The van der Waals surface area contributed by atoms with Gasteiger partial charge in [-0.15, -0.1) is 0 Å². The zero-order valence-corrected chi connectivity index (χ0v) is 8.22. The van der Waals surface area contributed by atoms with Crippen LogP contribution >= 0.6 is 0 Å². The van der Waals surface area contributed by atoms with Crippen LogP contribution in [0.15, 0.2) is 6.07 Å². The van der Waals surface area contributed by atoms with Crippen molar-refractivity contribution in [3.05, 3.63) is 22.9 Å². The topological polar surface area (TPSA) is 62.7 Å². The van der Waals surface area contributed by atoms with Crippen molar-refractivity contribution in [3.8, 4) is 6.07 Å². The van der Waals surface area contributed by atoms with Crippen molar-refractivity contribution in [3.63, 3.8) is 0 Å². The summed E-state index contributed by atoms with van der Waals surface area (Å²) in [5.74, 6) is -0.549. The number of rotatable bonds is 2. The Hall–Kier alpha value is -1.91. The molecule has 3 nitrogen and oxygen atoms in total. The van der Waals surface area contributed by atoms with E-state index >= 15 is 0 Å². The number of pyridine rings is 1. The number of nitrogens with two attached hydrogens (primary N) is 1. The molecule has 0 aromatic carbocycles. The maximum Gasteiger partial charge on any atom is 0.433 e. The van der Waals surface area contributed by atoms with Crippen LogP contribution in [0, 0.1) is 11.3 Å². The number of anilines is 1. The maximum absolute atomic E-state index is 12.6. The normalized spacial score (nSPS) is 11.6. The van der Waals surface area contributed by atoms with Gasteiger partial charge in [-0.1, -0.05) is 0 Å². The van der Waals surface area contributed by atoms with Crippen molar-refractivity contribution in [2.24, 2.45) is 0 Å². The molecule has 1 aromatic rings. The van der Waals surface area contributed by atoms with Crippen LogP contribution < -0.4 is 5.73 Å². The lowest BCUT2D eigenvalue weighted by atomic mass is 10.0. The lowest BCUT2D eigenvalue weighted by molar-refractivity contribution is -0.143. The summed E-state index contributed by atoms with van der Waals surface area (Å²) in [6.45, 7) is 0. The average molecular weight is 251 g/mol. The number of nitrogen functional groups attached to an aromatic ring is 1. The highest BCUT2D eigenvalue weighted by Crippen LogP contribution is 2.37. The van der Waals surface area contributed by atoms with Crippen LogP contribution in [0.2, 0.25) is 0 Å². The molecule has 0 bridgehead atoms. The molecule has 0 atom stereocenters. The standard InChI is InChI=1S/C9H6F5N3/c10-8(11)6-4(1-2-15)3-5(16)17-7(6)9(12,13)14/h3,8H,1H2,(H2,16,17). The van der Waals surface area contributed by atoms with Crippen molar-refractivity contribution >= 4 is 5.82 Å². The first-order valence-corrected chi connectivity index (χ1v) is 4.29. The summed E-state index contributed by atoms with van der Waals surface area (Å²) in [4.78, 5) is 2.87. The van der Waals surface area contributed by atoms with Crippen LogP contribution in [-0.4, -0.2) is 4.98 Å². The third kappa shape index (κ3) is 2.81. The summed E-state index contributed by atoms with van der Waals surface area (Å²) in [5.41, 5.74) is 1.61. The Morgan fingerprint density at radius 2 is 2.00 bits per heavy atom. The van der Waals surface area contributed by atoms with Crippen LogP contribution in [0.3, 0.4) is 0 Å². The van der Waals surface area contributed by atoms with Gasteiger partial charge in [0.05, 0.1) is 18.1 Å². The number of nitriles is 1. The van der Waals surface area contributed by atoms with Gasteiger partial charge in [-0.25, -0.2) is 13.8 Å². The quantitative estimate of drug-likeness (QED) is 0.822. The highest BCUT2D eigenvalue weighted by atomic mass is 19.4. The maximum atomic E-state index is 12.6. The van der Waals surface area contributed by atoms with Gasteiger partial charge in [-0.2, -0.15) is 18.4 Å². The van der Waals surface area contributed by atoms with Gasteiger partial charge in [0.2, 0.25) is 0 Å². The third-order valence-electron chi connectivity index (χ3n) is 1.92. The monoisotopic (exact) mass is 251 g/mol. The molecule has 0 amide bonds. The molecule has 1 heterocycles. The fourth-order valence-electron chi connectivity index (χ4n) is 1.32. The van der Waals surface area contributed by atoms with Crippen molar-refractivity contribution < 1.29 is 22.0 Å². The molecule has 0 saturated carbocycles. The summed E-state index contributed by atoms with van der Waals surface area (Å²) in [7, 11) is 0. The third-order valence-corrected chi connectivity index (χ3v) is 1.92. The van der Waals surface area contributed by atoms with Crippen LogP contribution in [0.5, 0.6) is 0 Å². The van der Waals surface area contributed by atoms with Gasteiger partial charge in [0.15, 0.2) is 5.69 Å². The highest BCUT2D eigenvalue weighted by Gasteiger charge is 2.39. The zero-order chi connectivity index (χ0) is 13.2. The second-order valence-corrected chi connectivity index (χ2v) is 3.10. The molecule has 0 aliphatic carbocycles. The first kappa shape index (κ1) is 13.2. The molecule has 0 fully saturated rings. The number of hydrogen-bond acceptors (Lipinski definition) is 3. The van der Waals surface area contributed by atoms with Crippen LogP contribution in [-0.2, 0) is 12.6 Å². The Morgan fingerprint density at radius 1 is 1.41 bits per heavy atom. The van der Waals surface area contributed by atoms with E-state index in [9.17, 15) is 22.0 Å². The van der Waals surface area contributed by atoms with E-state index in [1.807, 2.05) is 0 Å². The largest absolute Gasteiger partial charge is 0.433 e. The van der Waals surface area contributed by atoms with Gasteiger partial charge >= 0.3 is 6.18 Å². The second-order valence-electron chi connectivity index (χ2n) is 3.10. The number of alkyl halides is 5. The number of hydrogen-bond donors (Lipinski definition) is 1. The summed E-state index contributed by atoms with van der Waals surface area (Å²) in [6.07, 6.45) is -9.00. The van der Waals surface area contributed by atoms with E-state index in [0.717, 1.165) is 6.07 Å². The van der Waals surface area contributed by atoms with Crippen LogP contribution in [0.4, 0.5) is 27.8 Å². The van der Waals surface area contributed by atoms with E-state index in [0.29, 0.717) is 0 Å². The molecule has 0 spiro atoms. The smallest absolute Gasteiger partial charge is 0.384 e. The minimum atomic E-state index is -5.04. The fraction of sp³-hybridized carbons (Fsp3) is 0.333. The minimum absolute atomic E-state index is 0.456. The molecule has 2 N–H and O–H groups in total. The van der Waals surface area contributed by atoms with E-state index in [2.05, 4.69) is 4.98 Å². The Kier molecular flexibility index (Phi) is 3.50. The first-order valence-electron chi connectivity index (χ1n) is 4.29. The minimum Gasteiger partial charge on any atom is -0.384 e. The van der Waals surface area contributed by atoms with Crippen molar-refractivity contribution in [1.29, 1.82) is 5.26 Å². The Morgan fingerprint density at radius 3 is 2.41 bits per heavy atom. The summed E-state index contributed by atoms with van der Waals surface area (Å²) < 4.78 is 62.6. The molecule has 0 unspecified atom stereocenters. The molecular weight excluding hydrogens is 245 g/mol. The molecule has 8 heteroatoms. The molecule has 17 heavy (non-hydrogen) atoms. The molecule has 0 radical (unpaired) electrons. The first-order chi connectivity index (χ1) is 7.77. The number of nitrogens with zero attached hydrogens (tertiary/aromatic N) is 2. The molecule has 0 aliphatic heterocycles. The second kappa shape index (κ2) is 4.53. The summed E-state index contributed by atoms with van der Waals surface area (Å²) in [5, 5.41) is 8.37.